The molecular weight excluding hydrogens is 981 g/mol. The van der Waals surface area contributed by atoms with E-state index in [1.54, 1.807) is 6.92 Å². The lowest BCUT2D eigenvalue weighted by atomic mass is 9.46. The van der Waals surface area contributed by atoms with E-state index < -0.39 is 159 Å². The zero-order valence-electron chi connectivity index (χ0n) is 43.1. The smallest absolute Gasteiger partial charge is 0.303 e. The van der Waals surface area contributed by atoms with E-state index in [4.69, 9.17) is 42.6 Å². The van der Waals surface area contributed by atoms with Crippen LogP contribution in [0, 0.1) is 40.4 Å². The third-order valence-corrected chi connectivity index (χ3v) is 18.5. The summed E-state index contributed by atoms with van der Waals surface area (Å²) < 4.78 is 53.4. The zero-order valence-corrected chi connectivity index (χ0v) is 43.1. The van der Waals surface area contributed by atoms with Crippen LogP contribution in [0.2, 0.25) is 0 Å². The Morgan fingerprint density at radius 2 is 1.35 bits per heavy atom. The van der Waals surface area contributed by atoms with Crippen molar-refractivity contribution >= 4 is 11.8 Å². The fourth-order valence-electron chi connectivity index (χ4n) is 13.9. The topological polar surface area (TPSA) is 360 Å². The van der Waals surface area contributed by atoms with Gasteiger partial charge in [0.1, 0.15) is 90.7 Å². The van der Waals surface area contributed by atoms with Crippen LogP contribution in [-0.4, -0.2) is 228 Å². The number of Topliss-reactive ketones (excluding diaryl/α,β-unsaturated/α-hetero) is 1. The summed E-state index contributed by atoms with van der Waals surface area (Å²) in [5, 5.41) is 129. The molecule has 4 saturated heterocycles. The minimum absolute atomic E-state index is 0.0174. The second kappa shape index (κ2) is 23.0. The minimum atomic E-state index is -1.76. The zero-order chi connectivity index (χ0) is 53.9. The molecule has 3 saturated carbocycles. The van der Waals surface area contributed by atoms with Gasteiger partial charge in [0.15, 0.2) is 31.3 Å². The van der Waals surface area contributed by atoms with Gasteiger partial charge < -0.3 is 104 Å². The van der Waals surface area contributed by atoms with Crippen LogP contribution in [0.4, 0.5) is 0 Å². The lowest BCUT2D eigenvalue weighted by Crippen LogP contribution is -2.64. The number of ether oxygens (including phenoxy) is 9. The van der Waals surface area contributed by atoms with Crippen molar-refractivity contribution < 1.29 is 113 Å². The molecule has 27 unspecified atom stereocenters. The number of aliphatic hydroxyl groups is 12. The molecule has 0 radical (unpaired) electrons. The number of aliphatic hydroxyl groups excluding tert-OH is 11. The molecule has 8 aliphatic rings. The molecule has 0 amide bonds. The summed E-state index contributed by atoms with van der Waals surface area (Å²) in [6.45, 7) is 9.25. The number of carbonyl (C=O) groups excluding carboxylic acids is 2. The Labute approximate surface area is 430 Å². The maximum atomic E-state index is 14.3. The highest BCUT2D eigenvalue weighted by atomic mass is 16.8. The van der Waals surface area contributed by atoms with Crippen LogP contribution in [0.15, 0.2) is 11.6 Å². The Hall–Kier alpha value is -1.92. The van der Waals surface area contributed by atoms with Crippen LogP contribution in [0.1, 0.15) is 99.3 Å². The normalized spacial score (nSPS) is 50.0. The van der Waals surface area contributed by atoms with E-state index in [1.807, 2.05) is 20.8 Å². The van der Waals surface area contributed by atoms with Crippen LogP contribution in [-0.2, 0) is 52.2 Å². The predicted molar refractivity (Wildman–Crippen MR) is 250 cm³/mol. The molecule has 424 valence electrons. The fourth-order valence-corrected chi connectivity index (χ4v) is 13.9. The van der Waals surface area contributed by atoms with Gasteiger partial charge >= 0.3 is 5.97 Å². The molecule has 0 bridgehead atoms. The number of ketones is 1. The van der Waals surface area contributed by atoms with Crippen molar-refractivity contribution in [2.24, 2.45) is 40.4 Å². The first-order valence-corrected chi connectivity index (χ1v) is 26.5. The van der Waals surface area contributed by atoms with Crippen molar-refractivity contribution in [2.75, 3.05) is 26.4 Å². The highest BCUT2D eigenvalue weighted by Gasteiger charge is 2.71. The average Bonchev–Trinajstić information content (AvgIpc) is 3.59. The monoisotopic (exact) mass is 1060 g/mol. The lowest BCUT2D eigenvalue weighted by molar-refractivity contribution is -0.345. The highest BCUT2D eigenvalue weighted by Crippen LogP contribution is 2.69. The average molecular weight is 1060 g/mol. The molecule has 27 atom stereocenters. The van der Waals surface area contributed by atoms with E-state index in [1.165, 1.54) is 0 Å². The van der Waals surface area contributed by atoms with Gasteiger partial charge in [-0.3, -0.25) is 9.59 Å². The molecule has 4 aliphatic carbocycles. The molecule has 23 heteroatoms. The Morgan fingerprint density at radius 3 is 2.03 bits per heavy atom. The maximum Gasteiger partial charge on any atom is 0.303 e. The standard InChI is InChI=1S/C51H82O23/c1-21(2)7-10-29(54)22(3)51(65)34(73-48-44(69-23(4)53)43(31(56)19-67-48)74-46-40(62)35(57)30(55)18-66-46)16-28-26-9-8-24-15-25(11-13-49(24,5)27(26)12-14-50(28,51)6)70-47-42(64)39(61)37(59)33(72-47)20-68-45-41(63)38(60)36(58)32(17-52)71-45/h8,21-22,25-28,30-48,52,55-65H,7,9-20H2,1-6H3. The van der Waals surface area contributed by atoms with E-state index >= 15 is 0 Å². The lowest BCUT2D eigenvalue weighted by Gasteiger charge is -2.59. The fraction of sp³-hybridized carbons (Fsp3) is 0.922. The Balaban J connectivity index is 0.998. The van der Waals surface area contributed by atoms with E-state index in [0.717, 1.165) is 12.5 Å². The summed E-state index contributed by atoms with van der Waals surface area (Å²) in [6, 6.07) is 0. The summed E-state index contributed by atoms with van der Waals surface area (Å²) in [6.07, 6.45) is -22.2. The second-order valence-electron chi connectivity index (χ2n) is 23.3. The van der Waals surface area contributed by atoms with Crippen molar-refractivity contribution in [3.63, 3.8) is 0 Å². The van der Waals surface area contributed by atoms with Gasteiger partial charge in [0.2, 0.25) is 0 Å². The van der Waals surface area contributed by atoms with Crippen molar-refractivity contribution in [3.8, 4) is 0 Å². The molecule has 8 rings (SSSR count). The SMILES string of the molecule is CC(=O)OC1C(OC2CC3C4CC=C5CC(OC6OC(COC7OC(CO)C(O)C(O)C7O)C(O)C(O)C6O)CCC5(C)C4CCC3(C)C2(O)C(C)C(=O)CCC(C)C)OCC(O)C1OC1OCC(O)C(O)C1O. The molecule has 12 N–H and O–H groups in total. The van der Waals surface area contributed by atoms with E-state index in [0.29, 0.717) is 51.4 Å². The van der Waals surface area contributed by atoms with Crippen LogP contribution >= 0.6 is 0 Å². The van der Waals surface area contributed by atoms with Crippen LogP contribution in [0.5, 0.6) is 0 Å². The number of hydrogen-bond donors (Lipinski definition) is 12. The summed E-state index contributed by atoms with van der Waals surface area (Å²) in [4.78, 5) is 27.0. The molecule has 0 aromatic heterocycles. The molecule has 0 aromatic rings. The first-order valence-electron chi connectivity index (χ1n) is 26.5. The van der Waals surface area contributed by atoms with E-state index in [2.05, 4.69) is 13.0 Å². The van der Waals surface area contributed by atoms with Gasteiger partial charge in [-0.15, -0.1) is 0 Å². The summed E-state index contributed by atoms with van der Waals surface area (Å²) in [7, 11) is 0. The van der Waals surface area contributed by atoms with Crippen molar-refractivity contribution in [3.05, 3.63) is 11.6 Å². The quantitative estimate of drug-likeness (QED) is 0.0576. The molecule has 23 nitrogen and oxygen atoms in total. The molecule has 0 aromatic carbocycles. The van der Waals surface area contributed by atoms with Gasteiger partial charge in [0, 0.05) is 24.7 Å². The second-order valence-corrected chi connectivity index (χ2v) is 23.3. The van der Waals surface area contributed by atoms with Gasteiger partial charge in [-0.1, -0.05) is 46.3 Å². The number of allylic oxidation sites excluding steroid dienone is 1. The number of esters is 1. The number of carbonyl (C=O) groups is 2. The summed E-state index contributed by atoms with van der Waals surface area (Å²) >= 11 is 0. The van der Waals surface area contributed by atoms with E-state index in [-0.39, 0.29) is 54.5 Å². The third-order valence-electron chi connectivity index (χ3n) is 18.5. The predicted octanol–water partition coefficient (Wildman–Crippen LogP) is -2.20. The Morgan fingerprint density at radius 1 is 0.716 bits per heavy atom. The van der Waals surface area contributed by atoms with Crippen LogP contribution < -0.4 is 0 Å². The van der Waals surface area contributed by atoms with E-state index in [9.17, 15) is 70.9 Å². The molecule has 0 spiro atoms. The first kappa shape index (κ1) is 58.2. The Bertz CT molecular complexity index is 1960. The van der Waals surface area contributed by atoms with Crippen LogP contribution in [0.25, 0.3) is 0 Å². The minimum Gasteiger partial charge on any atom is -0.454 e. The maximum absolute atomic E-state index is 14.3. The molecule has 7 fully saturated rings. The molecule has 4 aliphatic heterocycles. The summed E-state index contributed by atoms with van der Waals surface area (Å²) in [5.41, 5.74) is -1.81. The first-order chi connectivity index (χ1) is 34.9. The number of hydrogen-bond acceptors (Lipinski definition) is 23. The number of rotatable bonds is 16. The van der Waals surface area contributed by atoms with Crippen LogP contribution in [0.3, 0.4) is 0 Å². The highest BCUT2D eigenvalue weighted by molar-refractivity contribution is 5.82. The Kier molecular flexibility index (Phi) is 18.1. The van der Waals surface area contributed by atoms with Gasteiger partial charge in [-0.05, 0) is 80.5 Å². The van der Waals surface area contributed by atoms with Crippen molar-refractivity contribution in [1.82, 2.24) is 0 Å². The van der Waals surface area contributed by atoms with Gasteiger partial charge in [0.05, 0.1) is 38.6 Å². The van der Waals surface area contributed by atoms with Gasteiger partial charge in [-0.25, -0.2) is 0 Å². The molecular formula is C51H82O23. The van der Waals surface area contributed by atoms with Gasteiger partial charge in [0.25, 0.3) is 0 Å². The van der Waals surface area contributed by atoms with Gasteiger partial charge in [-0.2, -0.15) is 0 Å². The summed E-state index contributed by atoms with van der Waals surface area (Å²) in [5.74, 6) is -1.63. The number of fused-ring (bicyclic) bond motifs is 5. The largest absolute Gasteiger partial charge is 0.454 e. The molecule has 74 heavy (non-hydrogen) atoms. The van der Waals surface area contributed by atoms with Crippen molar-refractivity contribution in [2.45, 2.75) is 228 Å². The molecule has 4 heterocycles. The van der Waals surface area contributed by atoms with Crippen molar-refractivity contribution in [1.29, 1.82) is 0 Å². The third kappa shape index (κ3) is 10.8.